The highest BCUT2D eigenvalue weighted by molar-refractivity contribution is 8.04. The van der Waals surface area contributed by atoms with Crippen molar-refractivity contribution >= 4 is 52.5 Å². The van der Waals surface area contributed by atoms with Crippen molar-refractivity contribution in [1.29, 1.82) is 0 Å². The molecule has 3 aromatic rings. The second-order valence-corrected chi connectivity index (χ2v) is 8.96. The minimum atomic E-state index is -1.06. The smallest absolute Gasteiger partial charge is 0.344 e. The van der Waals surface area contributed by atoms with Gasteiger partial charge in [-0.25, -0.2) is 4.79 Å². The van der Waals surface area contributed by atoms with Crippen LogP contribution < -0.4 is 4.90 Å². The molecule has 0 bridgehead atoms. The Kier molecular flexibility index (Phi) is 6.37. The van der Waals surface area contributed by atoms with Crippen LogP contribution in [0.25, 0.3) is 0 Å². The number of benzene rings is 3. The summed E-state index contributed by atoms with van der Waals surface area (Å²) >= 11 is 13.6. The Hall–Kier alpha value is -2.73. The van der Waals surface area contributed by atoms with E-state index in [0.717, 1.165) is 5.56 Å². The number of hydrogen-bond acceptors (Lipinski definition) is 3. The third kappa shape index (κ3) is 4.49. The van der Waals surface area contributed by atoms with Gasteiger partial charge in [0.2, 0.25) is 0 Å². The molecule has 0 aliphatic carbocycles. The lowest BCUT2D eigenvalue weighted by molar-refractivity contribution is -0.131. The SMILES string of the molecule is O=C(O)C1=C(N(C(=O)c2ccc(Cl)cc2Cl)c2ccccc2)CC(c2ccccc2)S1. The first-order valence-electron chi connectivity index (χ1n) is 9.48. The number of carbonyl (C=O) groups is 2. The molecule has 1 N–H and O–H groups in total. The van der Waals surface area contributed by atoms with Gasteiger partial charge in [-0.2, -0.15) is 0 Å². The molecule has 0 saturated carbocycles. The van der Waals surface area contributed by atoms with Crippen LogP contribution in [-0.4, -0.2) is 17.0 Å². The minimum Gasteiger partial charge on any atom is -0.477 e. The van der Waals surface area contributed by atoms with Crippen LogP contribution in [0.15, 0.2) is 89.5 Å². The lowest BCUT2D eigenvalue weighted by Gasteiger charge is -2.25. The lowest BCUT2D eigenvalue weighted by Crippen LogP contribution is -2.31. The van der Waals surface area contributed by atoms with E-state index in [9.17, 15) is 14.7 Å². The molecule has 0 fully saturated rings. The maximum absolute atomic E-state index is 13.6. The standard InChI is InChI=1S/C24H17Cl2NO3S/c25-16-11-12-18(19(26)13-16)23(28)27(17-9-5-2-6-10-17)20-14-21(31-22(20)24(29)30)15-7-3-1-4-8-15/h1-13,21H,14H2,(H,29,30). The summed E-state index contributed by atoms with van der Waals surface area (Å²) in [6, 6.07) is 23.3. The number of halogens is 2. The Morgan fingerprint density at radius 2 is 1.58 bits per heavy atom. The monoisotopic (exact) mass is 469 g/mol. The number of anilines is 1. The van der Waals surface area contributed by atoms with E-state index in [1.807, 2.05) is 36.4 Å². The summed E-state index contributed by atoms with van der Waals surface area (Å²) in [6.45, 7) is 0. The molecule has 1 atom stereocenters. The number of para-hydroxylation sites is 1. The van der Waals surface area contributed by atoms with E-state index in [2.05, 4.69) is 0 Å². The van der Waals surface area contributed by atoms with Crippen molar-refractivity contribution in [2.45, 2.75) is 11.7 Å². The Balaban J connectivity index is 1.81. The number of aliphatic carboxylic acids is 1. The van der Waals surface area contributed by atoms with Crippen molar-refractivity contribution in [1.82, 2.24) is 0 Å². The summed E-state index contributed by atoms with van der Waals surface area (Å²) in [7, 11) is 0. The molecule has 1 heterocycles. The number of amides is 1. The van der Waals surface area contributed by atoms with Crippen molar-refractivity contribution in [3.8, 4) is 0 Å². The summed E-state index contributed by atoms with van der Waals surface area (Å²) in [6.07, 6.45) is 0.391. The summed E-state index contributed by atoms with van der Waals surface area (Å²) in [4.78, 5) is 27.4. The Morgan fingerprint density at radius 3 is 2.19 bits per heavy atom. The highest BCUT2D eigenvalue weighted by Crippen LogP contribution is 2.49. The van der Waals surface area contributed by atoms with Gasteiger partial charge in [-0.15, -0.1) is 11.8 Å². The number of rotatable bonds is 5. The average molecular weight is 470 g/mol. The number of allylic oxidation sites excluding steroid dienone is 1. The van der Waals surface area contributed by atoms with Crippen molar-refractivity contribution in [3.63, 3.8) is 0 Å². The largest absolute Gasteiger partial charge is 0.477 e. The Bertz CT molecular complexity index is 1170. The number of nitrogens with zero attached hydrogens (tertiary/aromatic N) is 1. The van der Waals surface area contributed by atoms with Crippen LogP contribution in [0.1, 0.15) is 27.6 Å². The number of carboxylic acids is 1. The zero-order valence-electron chi connectivity index (χ0n) is 16.2. The Labute approximate surface area is 194 Å². The summed E-state index contributed by atoms with van der Waals surface area (Å²) in [5.41, 5.74) is 2.27. The Morgan fingerprint density at radius 1 is 0.935 bits per heavy atom. The second kappa shape index (κ2) is 9.18. The molecular formula is C24H17Cl2NO3S. The van der Waals surface area contributed by atoms with E-state index < -0.39 is 11.9 Å². The highest BCUT2D eigenvalue weighted by atomic mass is 35.5. The van der Waals surface area contributed by atoms with Crippen LogP contribution in [0, 0.1) is 0 Å². The van der Waals surface area contributed by atoms with E-state index >= 15 is 0 Å². The fourth-order valence-corrected chi connectivity index (χ4v) is 5.22. The van der Waals surface area contributed by atoms with Crippen LogP contribution in [-0.2, 0) is 4.79 Å². The predicted octanol–water partition coefficient (Wildman–Crippen LogP) is 6.81. The summed E-state index contributed by atoms with van der Waals surface area (Å²) in [5.74, 6) is -1.47. The normalized spacial score (nSPS) is 15.7. The predicted molar refractivity (Wildman–Crippen MR) is 126 cm³/mol. The van der Waals surface area contributed by atoms with Gasteiger partial charge in [0.25, 0.3) is 5.91 Å². The molecule has 0 radical (unpaired) electrons. The molecule has 4 nitrogen and oxygen atoms in total. The van der Waals surface area contributed by atoms with E-state index in [4.69, 9.17) is 23.2 Å². The van der Waals surface area contributed by atoms with Gasteiger partial charge in [0.1, 0.15) is 4.91 Å². The van der Waals surface area contributed by atoms with E-state index in [-0.39, 0.29) is 20.7 Å². The van der Waals surface area contributed by atoms with Gasteiger partial charge in [-0.3, -0.25) is 9.69 Å². The van der Waals surface area contributed by atoms with Gasteiger partial charge in [-0.1, -0.05) is 71.7 Å². The van der Waals surface area contributed by atoms with Crippen molar-refractivity contribution in [3.05, 3.63) is 111 Å². The average Bonchev–Trinajstić information content (AvgIpc) is 3.20. The van der Waals surface area contributed by atoms with Crippen molar-refractivity contribution < 1.29 is 14.7 Å². The first-order valence-corrected chi connectivity index (χ1v) is 11.1. The first-order chi connectivity index (χ1) is 15.0. The molecule has 1 aliphatic rings. The second-order valence-electron chi connectivity index (χ2n) is 6.90. The number of carbonyl (C=O) groups excluding carboxylic acids is 1. The molecule has 0 spiro atoms. The molecule has 1 aliphatic heterocycles. The molecule has 0 saturated heterocycles. The van der Waals surface area contributed by atoms with Crippen molar-refractivity contribution in [2.75, 3.05) is 4.90 Å². The molecule has 31 heavy (non-hydrogen) atoms. The van der Waals surface area contributed by atoms with Crippen LogP contribution in [0.3, 0.4) is 0 Å². The molecule has 7 heteroatoms. The topological polar surface area (TPSA) is 57.6 Å². The number of thioether (sulfide) groups is 1. The molecule has 3 aromatic carbocycles. The fourth-order valence-electron chi connectivity index (χ4n) is 3.50. The molecular weight excluding hydrogens is 453 g/mol. The quantitative estimate of drug-likeness (QED) is 0.445. The summed E-state index contributed by atoms with van der Waals surface area (Å²) < 4.78 is 0. The van der Waals surface area contributed by atoms with Crippen LogP contribution in [0.2, 0.25) is 10.0 Å². The fraction of sp³-hybridized carbons (Fsp3) is 0.0833. The van der Waals surface area contributed by atoms with Crippen LogP contribution >= 0.6 is 35.0 Å². The van der Waals surface area contributed by atoms with Crippen LogP contribution in [0.5, 0.6) is 0 Å². The van der Waals surface area contributed by atoms with E-state index in [1.165, 1.54) is 22.7 Å². The maximum atomic E-state index is 13.6. The van der Waals surface area contributed by atoms with Gasteiger partial charge in [0.05, 0.1) is 10.6 Å². The molecule has 0 aromatic heterocycles. The van der Waals surface area contributed by atoms with E-state index in [0.29, 0.717) is 22.8 Å². The number of carboxylic acid groups (broad SMARTS) is 1. The zero-order valence-corrected chi connectivity index (χ0v) is 18.5. The van der Waals surface area contributed by atoms with Gasteiger partial charge in [0, 0.05) is 28.1 Å². The number of hydrogen-bond donors (Lipinski definition) is 1. The first kappa shape index (κ1) is 21.5. The molecule has 1 unspecified atom stereocenters. The lowest BCUT2D eigenvalue weighted by atomic mass is 10.1. The van der Waals surface area contributed by atoms with Gasteiger partial charge < -0.3 is 5.11 Å². The maximum Gasteiger partial charge on any atom is 0.344 e. The van der Waals surface area contributed by atoms with E-state index in [1.54, 1.807) is 36.4 Å². The zero-order chi connectivity index (χ0) is 22.0. The molecule has 4 rings (SSSR count). The minimum absolute atomic E-state index is 0.109. The molecule has 1 amide bonds. The highest BCUT2D eigenvalue weighted by Gasteiger charge is 2.36. The van der Waals surface area contributed by atoms with Gasteiger partial charge in [-0.05, 0) is 35.9 Å². The summed E-state index contributed by atoms with van der Waals surface area (Å²) in [5, 5.41) is 10.4. The molecule has 156 valence electrons. The van der Waals surface area contributed by atoms with Gasteiger partial charge in [0.15, 0.2) is 0 Å². The van der Waals surface area contributed by atoms with Crippen molar-refractivity contribution in [2.24, 2.45) is 0 Å². The van der Waals surface area contributed by atoms with Gasteiger partial charge >= 0.3 is 5.97 Å². The third-order valence-electron chi connectivity index (χ3n) is 4.92. The van der Waals surface area contributed by atoms with Crippen LogP contribution in [0.4, 0.5) is 5.69 Å². The third-order valence-corrected chi connectivity index (χ3v) is 6.83.